The molecule has 0 unspecified atom stereocenters. The molecule has 2 rings (SSSR count). The normalized spacial score (nSPS) is 10.8. The minimum atomic E-state index is -0.226. The number of thiophene rings is 1. The molecule has 0 amide bonds. The molecule has 0 saturated heterocycles. The van der Waals surface area contributed by atoms with E-state index in [0.717, 1.165) is 9.09 Å². The number of hydrogen-bond donors (Lipinski definition) is 2. The van der Waals surface area contributed by atoms with Crippen molar-refractivity contribution in [2.45, 2.75) is 16.0 Å². The number of hydrogen-bond acceptors (Lipinski definition) is 5. The van der Waals surface area contributed by atoms with Gasteiger partial charge in [-0.15, -0.1) is 16.4 Å². The first kappa shape index (κ1) is 10.5. The van der Waals surface area contributed by atoms with Crippen LogP contribution >= 0.6 is 23.1 Å². The fourth-order valence-corrected chi connectivity index (χ4v) is 2.95. The zero-order chi connectivity index (χ0) is 10.8. The summed E-state index contributed by atoms with van der Waals surface area (Å²) in [6.07, 6.45) is 0. The fourth-order valence-electron chi connectivity index (χ4n) is 1.01. The van der Waals surface area contributed by atoms with Gasteiger partial charge in [0.15, 0.2) is 5.16 Å². The van der Waals surface area contributed by atoms with E-state index in [0.29, 0.717) is 5.16 Å². The van der Waals surface area contributed by atoms with E-state index < -0.39 is 0 Å². The van der Waals surface area contributed by atoms with E-state index in [2.05, 4.69) is 10.2 Å². The van der Waals surface area contributed by atoms with Crippen molar-refractivity contribution in [1.82, 2.24) is 14.8 Å². The molecule has 0 spiro atoms. The largest absolute Gasteiger partial charge is 0.391 e. The summed E-state index contributed by atoms with van der Waals surface area (Å²) in [5.41, 5.74) is -0.226. The first-order valence-corrected chi connectivity index (χ1v) is 5.83. The highest BCUT2D eigenvalue weighted by molar-refractivity contribution is 8.01. The van der Waals surface area contributed by atoms with Gasteiger partial charge in [0.25, 0.3) is 0 Å². The number of aliphatic hydroxyl groups is 1. The van der Waals surface area contributed by atoms with Crippen molar-refractivity contribution in [3.63, 3.8) is 0 Å². The molecule has 2 aromatic heterocycles. The van der Waals surface area contributed by atoms with Crippen LogP contribution in [-0.4, -0.2) is 19.9 Å². The van der Waals surface area contributed by atoms with E-state index in [1.807, 2.05) is 12.1 Å². The first-order chi connectivity index (χ1) is 7.20. The number of aromatic nitrogens is 3. The maximum Gasteiger partial charge on any atom is 0.343 e. The second-order valence-corrected chi connectivity index (χ2v) is 5.29. The van der Waals surface area contributed by atoms with Gasteiger partial charge < -0.3 is 5.11 Å². The lowest BCUT2D eigenvalue weighted by atomic mass is 10.5. The first-order valence-electron chi connectivity index (χ1n) is 4.19. The van der Waals surface area contributed by atoms with Crippen LogP contribution in [0.2, 0.25) is 0 Å². The molecule has 0 atom stereocenters. The summed E-state index contributed by atoms with van der Waals surface area (Å²) in [4.78, 5) is 12.0. The summed E-state index contributed by atoms with van der Waals surface area (Å²) in [6.45, 7) is 0.0464. The Hall–Kier alpha value is -1.05. The van der Waals surface area contributed by atoms with Crippen LogP contribution in [0.5, 0.6) is 0 Å². The van der Waals surface area contributed by atoms with Crippen molar-refractivity contribution in [1.29, 1.82) is 0 Å². The van der Waals surface area contributed by atoms with E-state index in [9.17, 15) is 4.79 Å². The third kappa shape index (κ3) is 2.14. The Labute approximate surface area is 93.8 Å². The Morgan fingerprint density at radius 2 is 2.47 bits per heavy atom. The molecule has 0 radical (unpaired) electrons. The quantitative estimate of drug-likeness (QED) is 0.837. The molecule has 0 saturated carbocycles. The molecule has 2 aromatic rings. The molecule has 2 N–H and O–H groups in total. The SMILES string of the molecule is Cn1c(Sc2ccc(CO)s2)n[nH]c1=O. The second-order valence-electron chi connectivity index (χ2n) is 2.85. The van der Waals surface area contributed by atoms with Crippen molar-refractivity contribution >= 4 is 23.1 Å². The molecule has 2 heterocycles. The second kappa shape index (κ2) is 4.21. The predicted octanol–water partition coefficient (Wildman–Crippen LogP) is 0.813. The standard InChI is InChI=1S/C8H9N3O2S2/c1-11-7(13)9-10-8(11)15-6-3-2-5(4-12)14-6/h2-3,12H,4H2,1H3,(H,9,13). The Kier molecular flexibility index (Phi) is 2.94. The van der Waals surface area contributed by atoms with Crippen molar-refractivity contribution in [3.05, 3.63) is 27.5 Å². The average molecular weight is 243 g/mol. The lowest BCUT2D eigenvalue weighted by Gasteiger charge is -1.94. The molecular weight excluding hydrogens is 234 g/mol. The summed E-state index contributed by atoms with van der Waals surface area (Å²) in [6, 6.07) is 3.76. The molecule has 0 aromatic carbocycles. The Morgan fingerprint density at radius 3 is 3.00 bits per heavy atom. The number of aliphatic hydroxyl groups excluding tert-OH is 1. The smallest absolute Gasteiger partial charge is 0.343 e. The fraction of sp³-hybridized carbons (Fsp3) is 0.250. The topological polar surface area (TPSA) is 70.9 Å². The van der Waals surface area contributed by atoms with Gasteiger partial charge in [0.1, 0.15) is 0 Å². The van der Waals surface area contributed by atoms with Gasteiger partial charge in [-0.05, 0) is 23.9 Å². The third-order valence-electron chi connectivity index (χ3n) is 1.82. The minimum absolute atomic E-state index is 0.0464. The summed E-state index contributed by atoms with van der Waals surface area (Å²) in [5, 5.41) is 15.8. The predicted molar refractivity (Wildman–Crippen MR) is 58.2 cm³/mol. The highest BCUT2D eigenvalue weighted by Crippen LogP contribution is 2.31. The van der Waals surface area contributed by atoms with E-state index in [4.69, 9.17) is 5.11 Å². The van der Waals surface area contributed by atoms with Crippen LogP contribution < -0.4 is 5.69 Å². The van der Waals surface area contributed by atoms with Gasteiger partial charge in [0.2, 0.25) is 0 Å². The van der Waals surface area contributed by atoms with Crippen LogP contribution in [0.1, 0.15) is 4.88 Å². The third-order valence-corrected chi connectivity index (χ3v) is 4.07. The van der Waals surface area contributed by atoms with Gasteiger partial charge >= 0.3 is 5.69 Å². The summed E-state index contributed by atoms with van der Waals surface area (Å²) >= 11 is 2.89. The van der Waals surface area contributed by atoms with Gasteiger partial charge in [-0.1, -0.05) is 0 Å². The lowest BCUT2D eigenvalue weighted by Crippen LogP contribution is -2.12. The van der Waals surface area contributed by atoms with E-state index in [1.54, 1.807) is 7.05 Å². The monoisotopic (exact) mass is 243 g/mol. The maximum absolute atomic E-state index is 11.1. The molecule has 0 aliphatic rings. The zero-order valence-electron chi connectivity index (χ0n) is 7.93. The van der Waals surface area contributed by atoms with E-state index in [1.165, 1.54) is 27.7 Å². The van der Waals surface area contributed by atoms with Crippen LogP contribution in [0.15, 0.2) is 26.3 Å². The number of rotatable bonds is 3. The molecule has 0 aliphatic carbocycles. The van der Waals surface area contributed by atoms with Gasteiger partial charge in [0, 0.05) is 11.9 Å². The molecule has 0 fully saturated rings. The Morgan fingerprint density at radius 1 is 1.67 bits per heavy atom. The highest BCUT2D eigenvalue weighted by atomic mass is 32.2. The van der Waals surface area contributed by atoms with Crippen LogP contribution in [0.4, 0.5) is 0 Å². The van der Waals surface area contributed by atoms with Gasteiger partial charge in [-0.25, -0.2) is 9.89 Å². The zero-order valence-corrected chi connectivity index (χ0v) is 9.56. The van der Waals surface area contributed by atoms with Crippen molar-refractivity contribution < 1.29 is 5.11 Å². The van der Waals surface area contributed by atoms with Crippen molar-refractivity contribution in [3.8, 4) is 0 Å². The van der Waals surface area contributed by atoms with Crippen LogP contribution in [0.25, 0.3) is 0 Å². The molecule has 0 aliphatic heterocycles. The molecule has 7 heteroatoms. The maximum atomic E-state index is 11.1. The van der Waals surface area contributed by atoms with Crippen LogP contribution in [0.3, 0.4) is 0 Å². The molecule has 0 bridgehead atoms. The van der Waals surface area contributed by atoms with Crippen molar-refractivity contribution in [2.24, 2.45) is 7.05 Å². The van der Waals surface area contributed by atoms with E-state index >= 15 is 0 Å². The lowest BCUT2D eigenvalue weighted by molar-refractivity contribution is 0.285. The molecule has 15 heavy (non-hydrogen) atoms. The highest BCUT2D eigenvalue weighted by Gasteiger charge is 2.07. The summed E-state index contributed by atoms with van der Waals surface area (Å²) in [5.74, 6) is 0. The number of nitrogens with one attached hydrogen (secondary N) is 1. The Balaban J connectivity index is 2.21. The molecule has 80 valence electrons. The van der Waals surface area contributed by atoms with Crippen LogP contribution in [-0.2, 0) is 13.7 Å². The molecule has 5 nitrogen and oxygen atoms in total. The number of H-pyrrole nitrogens is 1. The van der Waals surface area contributed by atoms with Gasteiger partial charge in [-0.2, -0.15) is 0 Å². The molecular formula is C8H9N3O2S2. The van der Waals surface area contributed by atoms with Gasteiger partial charge in [0.05, 0.1) is 10.8 Å². The minimum Gasteiger partial charge on any atom is -0.391 e. The average Bonchev–Trinajstić information content (AvgIpc) is 2.80. The van der Waals surface area contributed by atoms with Crippen LogP contribution in [0, 0.1) is 0 Å². The van der Waals surface area contributed by atoms with Gasteiger partial charge in [-0.3, -0.25) is 4.57 Å². The van der Waals surface area contributed by atoms with Crippen molar-refractivity contribution in [2.75, 3.05) is 0 Å². The summed E-state index contributed by atoms with van der Waals surface area (Å²) in [7, 11) is 1.66. The summed E-state index contributed by atoms with van der Waals surface area (Å²) < 4.78 is 2.45. The Bertz CT molecular complexity index is 514. The number of aromatic amines is 1. The van der Waals surface area contributed by atoms with E-state index in [-0.39, 0.29) is 12.3 Å². The number of nitrogens with zero attached hydrogens (tertiary/aromatic N) is 2.